The average Bonchev–Trinajstić information content (AvgIpc) is 2.54. The zero-order chi connectivity index (χ0) is 17.5. The van der Waals surface area contributed by atoms with Gasteiger partial charge in [0.15, 0.2) is 5.78 Å². The van der Waals surface area contributed by atoms with E-state index in [1.165, 1.54) is 25.1 Å². The summed E-state index contributed by atoms with van der Waals surface area (Å²) in [5, 5.41) is 2.61. The summed E-state index contributed by atoms with van der Waals surface area (Å²) in [5.41, 5.74) is 1.42. The Morgan fingerprint density at radius 1 is 1.08 bits per heavy atom. The third-order valence-electron chi connectivity index (χ3n) is 3.11. The maximum absolute atomic E-state index is 12.3. The third kappa shape index (κ3) is 5.01. The molecule has 0 bridgehead atoms. The number of nitrogens with one attached hydrogen (secondary N) is 1. The van der Waals surface area contributed by atoms with Crippen LogP contribution < -0.4 is 10.1 Å². The van der Waals surface area contributed by atoms with Gasteiger partial charge in [0.2, 0.25) is 5.91 Å². The van der Waals surface area contributed by atoms with E-state index >= 15 is 0 Å². The van der Waals surface area contributed by atoms with Crippen molar-refractivity contribution in [1.82, 2.24) is 0 Å². The highest BCUT2D eigenvalue weighted by Gasteiger charge is 2.07. The Bertz CT molecular complexity index is 755. The van der Waals surface area contributed by atoms with Crippen molar-refractivity contribution >= 4 is 23.5 Å². The van der Waals surface area contributed by atoms with E-state index in [4.69, 9.17) is 0 Å². The predicted octanol–water partition coefficient (Wildman–Crippen LogP) is 4.14. The van der Waals surface area contributed by atoms with E-state index in [9.17, 15) is 18.4 Å². The minimum atomic E-state index is -2.94. The summed E-state index contributed by atoms with van der Waals surface area (Å²) >= 11 is 0. The van der Waals surface area contributed by atoms with Gasteiger partial charge in [0.05, 0.1) is 0 Å². The molecule has 0 saturated heterocycles. The highest BCUT2D eigenvalue weighted by atomic mass is 19.3. The Morgan fingerprint density at radius 3 is 2.38 bits per heavy atom. The first-order valence-electron chi connectivity index (χ1n) is 7.09. The van der Waals surface area contributed by atoms with E-state index in [1.54, 1.807) is 42.5 Å². The van der Waals surface area contributed by atoms with Gasteiger partial charge in [-0.15, -0.1) is 0 Å². The zero-order valence-electron chi connectivity index (χ0n) is 12.8. The van der Waals surface area contributed by atoms with Crippen LogP contribution in [0, 0.1) is 0 Å². The minimum absolute atomic E-state index is 0.0117. The summed E-state index contributed by atoms with van der Waals surface area (Å²) < 4.78 is 29.0. The number of hydrogen-bond acceptors (Lipinski definition) is 3. The molecule has 0 unspecified atom stereocenters. The predicted molar refractivity (Wildman–Crippen MR) is 87.2 cm³/mol. The van der Waals surface area contributed by atoms with Crippen LogP contribution in [0.25, 0.3) is 6.08 Å². The van der Waals surface area contributed by atoms with E-state index in [0.29, 0.717) is 16.8 Å². The number of anilines is 1. The number of carbonyl (C=O) groups is 2. The van der Waals surface area contributed by atoms with Crippen molar-refractivity contribution < 1.29 is 23.1 Å². The summed E-state index contributed by atoms with van der Waals surface area (Å²) in [7, 11) is 0. The molecule has 124 valence electrons. The van der Waals surface area contributed by atoms with Crippen LogP contribution >= 0.6 is 0 Å². The van der Waals surface area contributed by atoms with Crippen LogP contribution in [0.2, 0.25) is 0 Å². The molecular formula is C18H15F2NO3. The van der Waals surface area contributed by atoms with E-state index in [0.717, 1.165) is 0 Å². The Labute approximate surface area is 137 Å². The number of para-hydroxylation sites is 1. The molecule has 24 heavy (non-hydrogen) atoms. The molecule has 0 aliphatic rings. The summed E-state index contributed by atoms with van der Waals surface area (Å²) in [4.78, 5) is 23.1. The standard InChI is InChI=1S/C18H15F2NO3/c1-12(22)13-6-9-15(10-7-13)21-17(23)11-8-14-4-2-3-5-16(14)24-18(19)20/h2-11,18H,1H3,(H,21,23)/b11-8+. The fraction of sp³-hybridized carbons (Fsp3) is 0.111. The first-order valence-corrected chi connectivity index (χ1v) is 7.09. The van der Waals surface area contributed by atoms with Gasteiger partial charge in [0.1, 0.15) is 5.75 Å². The number of alkyl halides is 2. The number of halogens is 2. The molecule has 0 aliphatic heterocycles. The van der Waals surface area contributed by atoms with E-state index in [-0.39, 0.29) is 11.5 Å². The number of amides is 1. The van der Waals surface area contributed by atoms with Crippen LogP contribution in [-0.2, 0) is 4.79 Å². The second-order valence-electron chi connectivity index (χ2n) is 4.87. The van der Waals surface area contributed by atoms with Crippen LogP contribution in [0.5, 0.6) is 5.75 Å². The van der Waals surface area contributed by atoms with Crippen molar-refractivity contribution in [2.75, 3.05) is 5.32 Å². The molecule has 2 rings (SSSR count). The second-order valence-corrected chi connectivity index (χ2v) is 4.87. The Hall–Kier alpha value is -3.02. The van der Waals surface area contributed by atoms with Crippen LogP contribution in [0.15, 0.2) is 54.6 Å². The zero-order valence-corrected chi connectivity index (χ0v) is 12.8. The lowest BCUT2D eigenvalue weighted by molar-refractivity contribution is -0.111. The number of ether oxygens (including phenoxy) is 1. The number of rotatable bonds is 6. The highest BCUT2D eigenvalue weighted by Crippen LogP contribution is 2.21. The molecule has 0 heterocycles. The van der Waals surface area contributed by atoms with Crippen LogP contribution in [0.3, 0.4) is 0 Å². The van der Waals surface area contributed by atoms with Crippen molar-refractivity contribution in [3.05, 3.63) is 65.7 Å². The molecule has 0 fully saturated rings. The molecule has 2 aromatic carbocycles. The van der Waals surface area contributed by atoms with E-state index in [1.807, 2.05) is 0 Å². The molecule has 0 aliphatic carbocycles. The Morgan fingerprint density at radius 2 is 1.75 bits per heavy atom. The lowest BCUT2D eigenvalue weighted by Crippen LogP contribution is -2.08. The molecule has 6 heteroatoms. The molecule has 1 N–H and O–H groups in total. The minimum Gasteiger partial charge on any atom is -0.434 e. The molecule has 0 aromatic heterocycles. The quantitative estimate of drug-likeness (QED) is 0.639. The van der Waals surface area contributed by atoms with Crippen molar-refractivity contribution in [3.63, 3.8) is 0 Å². The molecule has 2 aromatic rings. The molecule has 0 radical (unpaired) electrons. The number of ketones is 1. The van der Waals surface area contributed by atoms with Gasteiger partial charge in [-0.05, 0) is 43.3 Å². The largest absolute Gasteiger partial charge is 0.434 e. The smallest absolute Gasteiger partial charge is 0.387 e. The molecule has 0 saturated carbocycles. The lowest BCUT2D eigenvalue weighted by Gasteiger charge is -2.07. The SMILES string of the molecule is CC(=O)c1ccc(NC(=O)/C=C/c2ccccc2OC(F)F)cc1. The van der Waals surface area contributed by atoms with E-state index < -0.39 is 12.5 Å². The Balaban J connectivity index is 2.04. The lowest BCUT2D eigenvalue weighted by atomic mass is 10.1. The van der Waals surface area contributed by atoms with Crippen LogP contribution in [-0.4, -0.2) is 18.3 Å². The summed E-state index contributed by atoms with van der Waals surface area (Å²) in [6.45, 7) is -1.48. The highest BCUT2D eigenvalue weighted by molar-refractivity contribution is 6.02. The first-order chi connectivity index (χ1) is 11.5. The van der Waals surface area contributed by atoms with Crippen LogP contribution in [0.4, 0.5) is 14.5 Å². The van der Waals surface area contributed by atoms with Gasteiger partial charge in [-0.3, -0.25) is 9.59 Å². The number of carbonyl (C=O) groups excluding carboxylic acids is 2. The second kappa shape index (κ2) is 8.01. The summed E-state index contributed by atoms with van der Waals surface area (Å²) in [6.07, 6.45) is 2.60. The number of Topliss-reactive ketones (excluding diaryl/α,β-unsaturated/α-hetero) is 1. The molecule has 0 spiro atoms. The monoisotopic (exact) mass is 331 g/mol. The maximum atomic E-state index is 12.3. The normalized spacial score (nSPS) is 10.8. The summed E-state index contributed by atoms with van der Waals surface area (Å²) in [5.74, 6) is -0.511. The van der Waals surface area contributed by atoms with Crippen molar-refractivity contribution in [2.45, 2.75) is 13.5 Å². The number of hydrogen-bond donors (Lipinski definition) is 1. The van der Waals surface area contributed by atoms with Crippen LogP contribution in [0.1, 0.15) is 22.8 Å². The Kier molecular flexibility index (Phi) is 5.78. The fourth-order valence-electron chi connectivity index (χ4n) is 1.96. The van der Waals surface area contributed by atoms with Crippen molar-refractivity contribution in [1.29, 1.82) is 0 Å². The van der Waals surface area contributed by atoms with E-state index in [2.05, 4.69) is 10.1 Å². The van der Waals surface area contributed by atoms with Crippen molar-refractivity contribution in [3.8, 4) is 5.75 Å². The molecule has 4 nitrogen and oxygen atoms in total. The molecule has 1 amide bonds. The molecule has 0 atom stereocenters. The topological polar surface area (TPSA) is 55.4 Å². The van der Waals surface area contributed by atoms with Crippen molar-refractivity contribution in [2.24, 2.45) is 0 Å². The van der Waals surface area contributed by atoms with Gasteiger partial charge in [-0.2, -0.15) is 8.78 Å². The number of benzene rings is 2. The van der Waals surface area contributed by atoms with Gasteiger partial charge < -0.3 is 10.1 Å². The van der Waals surface area contributed by atoms with Gasteiger partial charge >= 0.3 is 6.61 Å². The van der Waals surface area contributed by atoms with Gasteiger partial charge in [-0.25, -0.2) is 0 Å². The third-order valence-corrected chi connectivity index (χ3v) is 3.11. The maximum Gasteiger partial charge on any atom is 0.387 e. The van der Waals surface area contributed by atoms with Gasteiger partial charge in [0.25, 0.3) is 0 Å². The first kappa shape index (κ1) is 17.3. The van der Waals surface area contributed by atoms with Gasteiger partial charge in [-0.1, -0.05) is 18.2 Å². The fourth-order valence-corrected chi connectivity index (χ4v) is 1.96. The van der Waals surface area contributed by atoms with Gasteiger partial charge in [0, 0.05) is 22.9 Å². The summed E-state index contributed by atoms with van der Waals surface area (Å²) in [6, 6.07) is 12.6. The average molecular weight is 331 g/mol. The molecular weight excluding hydrogens is 316 g/mol.